The zero-order valence-corrected chi connectivity index (χ0v) is 9.61. The predicted octanol–water partition coefficient (Wildman–Crippen LogP) is 3.14. The Hall–Kier alpha value is -0.280. The minimum Gasteiger partial charge on any atom is -0.268 e. The third kappa shape index (κ3) is 2.39. The maximum Gasteiger partial charge on any atom is 0.262 e. The van der Waals surface area contributed by atoms with Crippen molar-refractivity contribution in [3.8, 4) is 0 Å². The Morgan fingerprint density at radius 3 is 2.71 bits per heavy atom. The molecule has 1 aromatic rings. The molecule has 1 aliphatic carbocycles. The van der Waals surface area contributed by atoms with Gasteiger partial charge in [0.2, 0.25) is 0 Å². The number of nitrogens with zero attached hydrogens (tertiary/aromatic N) is 1. The van der Waals surface area contributed by atoms with E-state index in [4.69, 9.17) is 11.6 Å². The molecular formula is C10H14ClNOS. The molecule has 0 aromatic carbocycles. The first-order chi connectivity index (χ1) is 6.75. The second-order valence-corrected chi connectivity index (χ2v) is 5.64. The molecule has 0 N–H and O–H groups in total. The van der Waals surface area contributed by atoms with E-state index in [1.165, 1.54) is 49.7 Å². The van der Waals surface area contributed by atoms with Gasteiger partial charge in [0, 0.05) is 12.6 Å². The van der Waals surface area contributed by atoms with E-state index >= 15 is 0 Å². The second kappa shape index (κ2) is 4.49. The van der Waals surface area contributed by atoms with E-state index < -0.39 is 0 Å². The van der Waals surface area contributed by atoms with E-state index in [0.29, 0.717) is 10.3 Å². The Bertz CT molecular complexity index is 351. The van der Waals surface area contributed by atoms with Crippen LogP contribution in [0.1, 0.15) is 32.1 Å². The average molecular weight is 232 g/mol. The Kier molecular flexibility index (Phi) is 3.29. The fraction of sp³-hybridized carbons (Fsp3) is 0.700. The lowest BCUT2D eigenvalue weighted by Gasteiger charge is -2.20. The number of halogens is 1. The molecule has 0 bridgehead atoms. The molecule has 1 heterocycles. The lowest BCUT2D eigenvalue weighted by molar-refractivity contribution is 0.324. The van der Waals surface area contributed by atoms with Gasteiger partial charge in [-0.25, -0.2) is 0 Å². The van der Waals surface area contributed by atoms with Crippen LogP contribution in [0.15, 0.2) is 10.9 Å². The highest BCUT2D eigenvalue weighted by atomic mass is 35.5. The van der Waals surface area contributed by atoms with Crippen molar-refractivity contribution in [3.05, 3.63) is 20.8 Å². The Morgan fingerprint density at radius 1 is 1.43 bits per heavy atom. The zero-order valence-electron chi connectivity index (χ0n) is 8.04. The maximum absolute atomic E-state index is 11.4. The molecule has 2 rings (SSSR count). The summed E-state index contributed by atoms with van der Waals surface area (Å²) < 4.78 is 2.39. The zero-order chi connectivity index (χ0) is 9.97. The summed E-state index contributed by atoms with van der Waals surface area (Å²) in [6, 6.07) is 1.51. The standard InChI is InChI=1S/C10H14ClNOS/c11-9-6-10(13)12(14-9)7-8-4-2-1-3-5-8/h6,8H,1-5,7H2. The molecule has 78 valence electrons. The molecule has 0 amide bonds. The van der Waals surface area contributed by atoms with Crippen molar-refractivity contribution in [2.24, 2.45) is 5.92 Å². The van der Waals surface area contributed by atoms with Crippen molar-refractivity contribution in [2.45, 2.75) is 38.6 Å². The van der Waals surface area contributed by atoms with Crippen LogP contribution in [0.5, 0.6) is 0 Å². The molecule has 0 atom stereocenters. The Morgan fingerprint density at radius 2 is 2.14 bits per heavy atom. The quantitative estimate of drug-likeness (QED) is 0.767. The van der Waals surface area contributed by atoms with E-state index in [-0.39, 0.29) is 5.56 Å². The molecular weight excluding hydrogens is 218 g/mol. The first kappa shape index (κ1) is 10.2. The van der Waals surface area contributed by atoms with Gasteiger partial charge in [-0.1, -0.05) is 30.9 Å². The van der Waals surface area contributed by atoms with E-state index in [9.17, 15) is 4.79 Å². The fourth-order valence-electron chi connectivity index (χ4n) is 2.08. The van der Waals surface area contributed by atoms with Gasteiger partial charge in [-0.2, -0.15) is 0 Å². The molecule has 0 aliphatic heterocycles. The van der Waals surface area contributed by atoms with Gasteiger partial charge in [-0.3, -0.25) is 8.75 Å². The van der Waals surface area contributed by atoms with Crippen LogP contribution < -0.4 is 5.56 Å². The van der Waals surface area contributed by atoms with Gasteiger partial charge in [0.25, 0.3) is 5.56 Å². The van der Waals surface area contributed by atoms with Crippen LogP contribution in [0.3, 0.4) is 0 Å². The molecule has 0 radical (unpaired) electrons. The summed E-state index contributed by atoms with van der Waals surface area (Å²) in [5.41, 5.74) is 0.0607. The van der Waals surface area contributed by atoms with Crippen LogP contribution in [0, 0.1) is 5.92 Å². The lowest BCUT2D eigenvalue weighted by Crippen LogP contribution is -2.19. The van der Waals surface area contributed by atoms with Crippen LogP contribution >= 0.6 is 23.1 Å². The molecule has 0 spiro atoms. The Balaban J connectivity index is 2.02. The summed E-state index contributed by atoms with van der Waals surface area (Å²) in [5.74, 6) is 0.691. The van der Waals surface area contributed by atoms with Crippen molar-refractivity contribution in [1.82, 2.24) is 3.96 Å². The van der Waals surface area contributed by atoms with Crippen molar-refractivity contribution >= 4 is 23.1 Å². The third-order valence-corrected chi connectivity index (χ3v) is 3.99. The maximum atomic E-state index is 11.4. The van der Waals surface area contributed by atoms with E-state index in [0.717, 1.165) is 6.54 Å². The van der Waals surface area contributed by atoms with Gasteiger partial charge in [0.15, 0.2) is 0 Å². The van der Waals surface area contributed by atoms with Gasteiger partial charge in [-0.05, 0) is 30.3 Å². The molecule has 1 aliphatic rings. The first-order valence-electron chi connectivity index (χ1n) is 5.12. The topological polar surface area (TPSA) is 22.0 Å². The lowest BCUT2D eigenvalue weighted by atomic mass is 9.89. The third-order valence-electron chi connectivity index (χ3n) is 2.83. The molecule has 1 aromatic heterocycles. The largest absolute Gasteiger partial charge is 0.268 e. The van der Waals surface area contributed by atoms with Crippen LogP contribution in [0.4, 0.5) is 0 Å². The van der Waals surface area contributed by atoms with Crippen LogP contribution in [0.25, 0.3) is 0 Å². The monoisotopic (exact) mass is 231 g/mol. The minimum atomic E-state index is 0.0607. The van der Waals surface area contributed by atoms with Gasteiger partial charge in [0.1, 0.15) is 4.34 Å². The molecule has 1 fully saturated rings. The number of aromatic nitrogens is 1. The summed E-state index contributed by atoms with van der Waals surface area (Å²) >= 11 is 7.16. The fourth-order valence-corrected chi connectivity index (χ4v) is 3.21. The van der Waals surface area contributed by atoms with Crippen molar-refractivity contribution in [3.63, 3.8) is 0 Å². The van der Waals surface area contributed by atoms with Crippen molar-refractivity contribution in [2.75, 3.05) is 0 Å². The van der Waals surface area contributed by atoms with E-state index in [1.54, 1.807) is 3.96 Å². The van der Waals surface area contributed by atoms with Crippen LogP contribution in [-0.4, -0.2) is 3.96 Å². The van der Waals surface area contributed by atoms with Gasteiger partial charge in [0.05, 0.1) is 0 Å². The first-order valence-corrected chi connectivity index (χ1v) is 6.27. The summed E-state index contributed by atoms with van der Waals surface area (Å²) in [5, 5.41) is 0. The summed E-state index contributed by atoms with van der Waals surface area (Å²) in [6.45, 7) is 0.871. The van der Waals surface area contributed by atoms with Crippen LogP contribution in [-0.2, 0) is 6.54 Å². The molecule has 0 unspecified atom stereocenters. The normalized spacial score (nSPS) is 18.6. The number of hydrogen-bond donors (Lipinski definition) is 0. The highest BCUT2D eigenvalue weighted by Gasteiger charge is 2.15. The van der Waals surface area contributed by atoms with Crippen molar-refractivity contribution in [1.29, 1.82) is 0 Å². The van der Waals surface area contributed by atoms with E-state index in [1.807, 2.05) is 0 Å². The van der Waals surface area contributed by atoms with Gasteiger partial charge in [-0.15, -0.1) is 0 Å². The van der Waals surface area contributed by atoms with Gasteiger partial charge >= 0.3 is 0 Å². The van der Waals surface area contributed by atoms with Crippen molar-refractivity contribution < 1.29 is 0 Å². The molecule has 0 saturated heterocycles. The number of rotatable bonds is 2. The Labute approximate surface area is 92.7 Å². The average Bonchev–Trinajstić information content (AvgIpc) is 2.47. The summed E-state index contributed by atoms with van der Waals surface area (Å²) in [4.78, 5) is 11.4. The summed E-state index contributed by atoms with van der Waals surface area (Å²) in [7, 11) is 0. The van der Waals surface area contributed by atoms with Gasteiger partial charge < -0.3 is 0 Å². The van der Waals surface area contributed by atoms with Crippen LogP contribution in [0.2, 0.25) is 4.34 Å². The predicted molar refractivity (Wildman–Crippen MR) is 60.2 cm³/mol. The molecule has 1 saturated carbocycles. The highest BCUT2D eigenvalue weighted by molar-refractivity contribution is 7.11. The SMILES string of the molecule is O=c1cc(Cl)sn1CC1CCCCC1. The second-order valence-electron chi connectivity index (χ2n) is 3.94. The minimum absolute atomic E-state index is 0.0607. The smallest absolute Gasteiger partial charge is 0.262 e. The molecule has 14 heavy (non-hydrogen) atoms. The van der Waals surface area contributed by atoms with E-state index in [2.05, 4.69) is 0 Å². The molecule has 4 heteroatoms. The number of hydrogen-bond acceptors (Lipinski definition) is 2. The highest BCUT2D eigenvalue weighted by Crippen LogP contribution is 2.25. The molecule has 2 nitrogen and oxygen atoms in total. The summed E-state index contributed by atoms with van der Waals surface area (Å²) in [6.07, 6.45) is 6.53.